The Hall–Kier alpha value is -1.64. The second-order valence-corrected chi connectivity index (χ2v) is 4.50. The quantitative estimate of drug-likeness (QED) is 0.653. The van der Waals surface area contributed by atoms with Crippen LogP contribution >= 0.6 is 11.6 Å². The van der Waals surface area contributed by atoms with Crippen LogP contribution in [0.2, 0.25) is 5.02 Å². The van der Waals surface area contributed by atoms with Gasteiger partial charge in [-0.05, 0) is 18.2 Å². The molecule has 0 fully saturated rings. The van der Waals surface area contributed by atoms with Crippen LogP contribution in [0.25, 0.3) is 0 Å². The molecule has 0 saturated carbocycles. The summed E-state index contributed by atoms with van der Waals surface area (Å²) in [6, 6.07) is 4.26. The van der Waals surface area contributed by atoms with E-state index < -0.39 is 29.6 Å². The Morgan fingerprint density at radius 3 is 2.00 bits per heavy atom. The number of nitrogens with one attached hydrogen (secondary N) is 2. The van der Waals surface area contributed by atoms with Crippen molar-refractivity contribution >= 4 is 23.2 Å². The van der Waals surface area contributed by atoms with Gasteiger partial charge < -0.3 is 10.6 Å². The average Bonchev–Trinajstić information content (AvgIpc) is 2.24. The zero-order valence-electron chi connectivity index (χ0n) is 10.4. The summed E-state index contributed by atoms with van der Waals surface area (Å²) in [6.45, 7) is 0.548. The van der Waals surface area contributed by atoms with Crippen molar-refractivity contribution < 1.29 is 31.1 Å². The van der Waals surface area contributed by atoms with Crippen molar-refractivity contribution in [3.8, 4) is 0 Å². The third-order valence-corrected chi connectivity index (χ3v) is 2.61. The first-order valence-corrected chi connectivity index (χ1v) is 5.73. The van der Waals surface area contributed by atoms with Crippen molar-refractivity contribution in [3.05, 3.63) is 29.3 Å². The largest absolute Gasteiger partial charge is 0.439 e. The van der Waals surface area contributed by atoms with E-state index in [1.807, 2.05) is 0 Å². The first-order chi connectivity index (χ1) is 9.39. The standard InChI is InChI=1S/C11H9ClF6N2O/c1-6(21)19-9(10(13,14)15,11(16,17)18)20-8-4-2-3-7(12)5-8/h2-5,20H,1H3,(H,19,21). The number of benzene rings is 1. The monoisotopic (exact) mass is 334 g/mol. The van der Waals surface area contributed by atoms with Crippen LogP contribution in [0.3, 0.4) is 0 Å². The molecule has 0 heterocycles. The van der Waals surface area contributed by atoms with Crippen molar-refractivity contribution in [1.29, 1.82) is 0 Å². The molecule has 1 aromatic carbocycles. The zero-order chi connectivity index (χ0) is 16.5. The second-order valence-electron chi connectivity index (χ2n) is 4.06. The molecule has 118 valence electrons. The molecule has 3 nitrogen and oxygen atoms in total. The first-order valence-electron chi connectivity index (χ1n) is 5.35. The van der Waals surface area contributed by atoms with Gasteiger partial charge >= 0.3 is 18.0 Å². The highest BCUT2D eigenvalue weighted by Gasteiger charge is 2.72. The number of halogens is 7. The van der Waals surface area contributed by atoms with E-state index in [1.54, 1.807) is 0 Å². The van der Waals surface area contributed by atoms with Gasteiger partial charge in [0.2, 0.25) is 5.91 Å². The van der Waals surface area contributed by atoms with Crippen molar-refractivity contribution in [1.82, 2.24) is 5.32 Å². The van der Waals surface area contributed by atoms with Gasteiger partial charge in [-0.2, -0.15) is 26.3 Å². The van der Waals surface area contributed by atoms with Crippen molar-refractivity contribution in [3.63, 3.8) is 0 Å². The minimum Gasteiger partial charge on any atom is -0.348 e. The minimum atomic E-state index is -5.83. The van der Waals surface area contributed by atoms with Gasteiger partial charge in [0.25, 0.3) is 0 Å². The Balaban J connectivity index is 3.39. The van der Waals surface area contributed by atoms with E-state index in [0.717, 1.165) is 23.5 Å². The number of anilines is 1. The summed E-state index contributed by atoms with van der Waals surface area (Å²) in [7, 11) is 0. The predicted octanol–water partition coefficient (Wildman–Crippen LogP) is 3.71. The molecule has 0 aromatic heterocycles. The number of alkyl halides is 6. The second kappa shape index (κ2) is 5.63. The molecule has 0 atom stereocenters. The molecule has 2 N–H and O–H groups in total. The van der Waals surface area contributed by atoms with Crippen LogP contribution in [0.4, 0.5) is 32.0 Å². The van der Waals surface area contributed by atoms with Crippen molar-refractivity contribution in [2.45, 2.75) is 24.9 Å². The highest BCUT2D eigenvalue weighted by molar-refractivity contribution is 6.30. The molecular formula is C11H9ClF6N2O. The Morgan fingerprint density at radius 2 is 1.62 bits per heavy atom. The number of rotatable bonds is 3. The Bertz CT molecular complexity index is 514. The number of hydrogen-bond donors (Lipinski definition) is 2. The van der Waals surface area contributed by atoms with Gasteiger partial charge in [0, 0.05) is 17.6 Å². The van der Waals surface area contributed by atoms with Gasteiger partial charge in [0.05, 0.1) is 0 Å². The maximum absolute atomic E-state index is 13.0. The van der Waals surface area contributed by atoms with Gasteiger partial charge in [0.1, 0.15) is 0 Å². The van der Waals surface area contributed by atoms with E-state index in [2.05, 4.69) is 0 Å². The molecule has 1 rings (SSSR count). The number of hydrogen-bond acceptors (Lipinski definition) is 2. The fraction of sp³-hybridized carbons (Fsp3) is 0.364. The number of carbonyl (C=O) groups excluding carboxylic acids is 1. The fourth-order valence-electron chi connectivity index (χ4n) is 1.52. The minimum absolute atomic E-state index is 0.0685. The molecule has 0 radical (unpaired) electrons. The van der Waals surface area contributed by atoms with Crippen LogP contribution in [-0.4, -0.2) is 23.9 Å². The Labute approximate surface area is 120 Å². The average molecular weight is 335 g/mol. The van der Waals surface area contributed by atoms with Crippen LogP contribution in [0, 0.1) is 0 Å². The summed E-state index contributed by atoms with van der Waals surface area (Å²) >= 11 is 5.52. The van der Waals surface area contributed by atoms with E-state index in [0.29, 0.717) is 6.92 Å². The summed E-state index contributed by atoms with van der Waals surface area (Å²) in [5.74, 6) is -1.50. The number of carbonyl (C=O) groups is 1. The lowest BCUT2D eigenvalue weighted by Crippen LogP contribution is -2.71. The molecule has 0 spiro atoms. The lowest BCUT2D eigenvalue weighted by Gasteiger charge is -2.38. The molecule has 1 aromatic rings. The molecule has 21 heavy (non-hydrogen) atoms. The van der Waals surface area contributed by atoms with E-state index in [4.69, 9.17) is 11.6 Å². The smallest absolute Gasteiger partial charge is 0.348 e. The van der Waals surface area contributed by atoms with E-state index in [1.165, 1.54) is 11.4 Å². The molecule has 10 heteroatoms. The predicted molar refractivity (Wildman–Crippen MR) is 63.7 cm³/mol. The van der Waals surface area contributed by atoms with E-state index >= 15 is 0 Å². The molecule has 0 aliphatic carbocycles. The maximum Gasteiger partial charge on any atom is 0.439 e. The third kappa shape index (κ3) is 3.72. The Morgan fingerprint density at radius 1 is 1.10 bits per heavy atom. The maximum atomic E-state index is 13.0. The summed E-state index contributed by atoms with van der Waals surface area (Å²) in [6.07, 6.45) is -11.7. The lowest BCUT2D eigenvalue weighted by atomic mass is 10.1. The van der Waals surface area contributed by atoms with Gasteiger partial charge in [-0.25, -0.2) is 0 Å². The molecule has 0 unspecified atom stereocenters. The molecule has 0 bridgehead atoms. The van der Waals surface area contributed by atoms with Crippen LogP contribution in [0.15, 0.2) is 24.3 Å². The third-order valence-electron chi connectivity index (χ3n) is 2.37. The summed E-state index contributed by atoms with van der Waals surface area (Å²) in [5.41, 5.74) is -5.16. The summed E-state index contributed by atoms with van der Waals surface area (Å²) in [4.78, 5) is 10.8. The summed E-state index contributed by atoms with van der Waals surface area (Å²) in [5, 5.41) is 2.11. The van der Waals surface area contributed by atoms with E-state index in [-0.39, 0.29) is 5.02 Å². The molecule has 1 amide bonds. The lowest BCUT2D eigenvalue weighted by molar-refractivity contribution is -0.295. The van der Waals surface area contributed by atoms with Gasteiger partial charge in [-0.3, -0.25) is 4.79 Å². The van der Waals surface area contributed by atoms with Crippen LogP contribution in [0.5, 0.6) is 0 Å². The van der Waals surface area contributed by atoms with E-state index in [9.17, 15) is 31.1 Å². The molecule has 0 aliphatic rings. The molecule has 0 aliphatic heterocycles. The fourth-order valence-corrected chi connectivity index (χ4v) is 1.71. The number of amides is 1. The summed E-state index contributed by atoms with van der Waals surface area (Å²) < 4.78 is 77.9. The van der Waals surface area contributed by atoms with Gasteiger partial charge in [0.15, 0.2) is 0 Å². The molecule has 0 saturated heterocycles. The van der Waals surface area contributed by atoms with Crippen molar-refractivity contribution in [2.24, 2.45) is 0 Å². The van der Waals surface area contributed by atoms with Gasteiger partial charge in [-0.1, -0.05) is 17.7 Å². The van der Waals surface area contributed by atoms with Crippen LogP contribution in [-0.2, 0) is 4.79 Å². The van der Waals surface area contributed by atoms with Gasteiger partial charge in [-0.15, -0.1) is 0 Å². The molecular weight excluding hydrogens is 326 g/mol. The van der Waals surface area contributed by atoms with Crippen LogP contribution < -0.4 is 10.6 Å². The SMILES string of the molecule is CC(=O)NC(Nc1cccc(Cl)c1)(C(F)(F)F)C(F)(F)F. The normalized spacial score (nSPS) is 13.0. The van der Waals surface area contributed by atoms with Crippen molar-refractivity contribution in [2.75, 3.05) is 5.32 Å². The topological polar surface area (TPSA) is 41.1 Å². The highest BCUT2D eigenvalue weighted by atomic mass is 35.5. The highest BCUT2D eigenvalue weighted by Crippen LogP contribution is 2.43. The first kappa shape index (κ1) is 17.4. The zero-order valence-corrected chi connectivity index (χ0v) is 11.1. The van der Waals surface area contributed by atoms with Crippen LogP contribution in [0.1, 0.15) is 6.92 Å². The Kier molecular flexibility index (Phi) is 4.66.